The highest BCUT2D eigenvalue weighted by Gasteiger charge is 2.18. The molecule has 0 aliphatic heterocycles. The van der Waals surface area contributed by atoms with E-state index in [2.05, 4.69) is 9.88 Å². The van der Waals surface area contributed by atoms with E-state index in [1.807, 2.05) is 29.8 Å². The summed E-state index contributed by atoms with van der Waals surface area (Å²) < 4.78 is 6.93. The van der Waals surface area contributed by atoms with Crippen LogP contribution in [-0.4, -0.2) is 47.6 Å². The van der Waals surface area contributed by atoms with Crippen molar-refractivity contribution in [3.05, 3.63) is 18.2 Å². The first-order valence-corrected chi connectivity index (χ1v) is 7.00. The van der Waals surface area contributed by atoms with E-state index < -0.39 is 5.60 Å². The molecule has 0 unspecified atom stereocenters. The Hall–Kier alpha value is -1.79. The molecule has 0 bridgehead atoms. The Morgan fingerprint density at radius 3 is 2.76 bits per heavy atom. The Bertz CT molecular complexity index is 616. The van der Waals surface area contributed by atoms with E-state index in [4.69, 9.17) is 10.5 Å². The van der Waals surface area contributed by atoms with E-state index in [1.54, 1.807) is 21.0 Å². The average Bonchev–Trinajstić information content (AvgIpc) is 2.70. The van der Waals surface area contributed by atoms with E-state index in [1.165, 1.54) is 0 Å². The highest BCUT2D eigenvalue weighted by atomic mass is 16.5. The number of aromatic nitrogens is 2. The molecule has 6 heteroatoms. The molecule has 0 saturated carbocycles. The van der Waals surface area contributed by atoms with Crippen LogP contribution >= 0.6 is 0 Å². The van der Waals surface area contributed by atoms with Crippen LogP contribution < -0.4 is 10.6 Å². The largest absolute Gasteiger partial charge is 0.389 e. The number of nitrogens with two attached hydrogens (primary N) is 1. The van der Waals surface area contributed by atoms with Gasteiger partial charge in [-0.1, -0.05) is 0 Å². The van der Waals surface area contributed by atoms with Gasteiger partial charge in [-0.25, -0.2) is 4.98 Å². The molecule has 21 heavy (non-hydrogen) atoms. The maximum absolute atomic E-state index is 9.99. The van der Waals surface area contributed by atoms with Gasteiger partial charge in [-0.2, -0.15) is 0 Å². The second-order valence-electron chi connectivity index (χ2n) is 5.96. The summed E-state index contributed by atoms with van der Waals surface area (Å²) in [6.45, 7) is 5.40. The van der Waals surface area contributed by atoms with Gasteiger partial charge in [-0.15, -0.1) is 0 Å². The number of nitrogens with zero attached hydrogens (tertiary/aromatic N) is 3. The van der Waals surface area contributed by atoms with E-state index in [0.717, 1.165) is 23.3 Å². The lowest BCUT2D eigenvalue weighted by Crippen LogP contribution is -2.26. The molecule has 116 valence electrons. The van der Waals surface area contributed by atoms with E-state index in [0.29, 0.717) is 19.1 Å². The zero-order valence-electron chi connectivity index (χ0n) is 13.1. The minimum absolute atomic E-state index is 0.411. The van der Waals surface area contributed by atoms with Gasteiger partial charge in [0.05, 0.1) is 29.8 Å². The van der Waals surface area contributed by atoms with Crippen molar-refractivity contribution in [1.82, 2.24) is 9.55 Å². The number of imidazole rings is 1. The summed E-state index contributed by atoms with van der Waals surface area (Å²) >= 11 is 0. The number of benzene rings is 1. The first-order valence-electron chi connectivity index (χ1n) is 7.00. The SMILES string of the molecule is COCCN(C)c1ccc2c(c1)nc(N)n2CC(C)(C)O. The van der Waals surface area contributed by atoms with Crippen LogP contribution in [0.15, 0.2) is 18.2 Å². The van der Waals surface area contributed by atoms with Crippen molar-refractivity contribution in [2.45, 2.75) is 26.0 Å². The molecule has 1 aromatic heterocycles. The standard InChI is InChI=1S/C15H24N4O2/c1-15(2,20)10-19-13-6-5-11(18(3)7-8-21-4)9-12(13)17-14(19)16/h5-6,9,20H,7-8,10H2,1-4H3,(H2,16,17). The van der Waals surface area contributed by atoms with Crippen LogP contribution in [0.4, 0.5) is 11.6 Å². The molecule has 2 aromatic rings. The summed E-state index contributed by atoms with van der Waals surface area (Å²) in [4.78, 5) is 6.50. The van der Waals surface area contributed by atoms with Gasteiger partial charge in [0.2, 0.25) is 5.95 Å². The predicted octanol–water partition coefficient (Wildman–Crippen LogP) is 1.47. The second-order valence-corrected chi connectivity index (χ2v) is 5.96. The summed E-state index contributed by atoms with van der Waals surface area (Å²) in [5, 5.41) is 9.99. The van der Waals surface area contributed by atoms with Gasteiger partial charge in [0, 0.05) is 26.4 Å². The van der Waals surface area contributed by atoms with Crippen LogP contribution in [-0.2, 0) is 11.3 Å². The highest BCUT2D eigenvalue weighted by molar-refractivity contribution is 5.82. The monoisotopic (exact) mass is 292 g/mol. The Labute approximate surface area is 125 Å². The lowest BCUT2D eigenvalue weighted by atomic mass is 10.1. The topological polar surface area (TPSA) is 76.5 Å². The third-order valence-corrected chi connectivity index (χ3v) is 3.38. The number of ether oxygens (including phenoxy) is 1. The number of fused-ring (bicyclic) bond motifs is 1. The van der Waals surface area contributed by atoms with Crippen LogP contribution in [0, 0.1) is 0 Å². The molecule has 1 heterocycles. The summed E-state index contributed by atoms with van der Waals surface area (Å²) in [7, 11) is 3.70. The van der Waals surface area contributed by atoms with Crippen molar-refractivity contribution < 1.29 is 9.84 Å². The Morgan fingerprint density at radius 1 is 1.43 bits per heavy atom. The molecule has 0 aliphatic carbocycles. The van der Waals surface area contributed by atoms with Crippen molar-refractivity contribution in [1.29, 1.82) is 0 Å². The normalized spacial score (nSPS) is 12.0. The second kappa shape index (κ2) is 5.91. The summed E-state index contributed by atoms with van der Waals surface area (Å²) in [6, 6.07) is 6.02. The molecule has 1 aromatic carbocycles. The van der Waals surface area contributed by atoms with Gasteiger partial charge in [0.25, 0.3) is 0 Å². The molecule has 0 aliphatic rings. The van der Waals surface area contributed by atoms with Gasteiger partial charge < -0.3 is 25.0 Å². The Balaban J connectivity index is 2.33. The number of aliphatic hydroxyl groups is 1. The molecule has 0 spiro atoms. The van der Waals surface area contributed by atoms with Crippen molar-refractivity contribution >= 4 is 22.7 Å². The van der Waals surface area contributed by atoms with Crippen molar-refractivity contribution in [3.8, 4) is 0 Å². The number of anilines is 2. The fourth-order valence-corrected chi connectivity index (χ4v) is 2.28. The molecule has 3 N–H and O–H groups in total. The highest BCUT2D eigenvalue weighted by Crippen LogP contribution is 2.25. The van der Waals surface area contributed by atoms with Gasteiger partial charge in [0.1, 0.15) is 0 Å². The summed E-state index contributed by atoms with van der Waals surface area (Å²) in [6.07, 6.45) is 0. The van der Waals surface area contributed by atoms with Crippen molar-refractivity contribution in [3.63, 3.8) is 0 Å². The van der Waals surface area contributed by atoms with Crippen LogP contribution in [0.1, 0.15) is 13.8 Å². The average molecular weight is 292 g/mol. The van der Waals surface area contributed by atoms with Gasteiger partial charge in [-0.3, -0.25) is 0 Å². The first kappa shape index (κ1) is 15.6. The molecule has 0 saturated heterocycles. The number of methoxy groups -OCH3 is 1. The summed E-state index contributed by atoms with van der Waals surface area (Å²) in [5.74, 6) is 0.420. The molecular formula is C15H24N4O2. The van der Waals surface area contributed by atoms with Crippen LogP contribution in [0.25, 0.3) is 11.0 Å². The van der Waals surface area contributed by atoms with Crippen molar-refractivity contribution in [2.75, 3.05) is 37.9 Å². The lowest BCUT2D eigenvalue weighted by molar-refractivity contribution is 0.0633. The van der Waals surface area contributed by atoms with Crippen LogP contribution in [0.5, 0.6) is 0 Å². The molecule has 0 amide bonds. The maximum atomic E-state index is 9.99. The number of hydrogen-bond donors (Lipinski definition) is 2. The number of hydrogen-bond acceptors (Lipinski definition) is 5. The van der Waals surface area contributed by atoms with Crippen molar-refractivity contribution in [2.24, 2.45) is 0 Å². The summed E-state index contributed by atoms with van der Waals surface area (Å²) in [5.41, 5.74) is 7.96. The van der Waals surface area contributed by atoms with Crippen LogP contribution in [0.3, 0.4) is 0 Å². The van der Waals surface area contributed by atoms with E-state index in [-0.39, 0.29) is 0 Å². The van der Waals surface area contributed by atoms with E-state index >= 15 is 0 Å². The molecule has 2 rings (SSSR count). The number of likely N-dealkylation sites (N-methyl/N-ethyl adjacent to an activating group) is 1. The first-order chi connectivity index (χ1) is 9.81. The number of rotatable bonds is 6. The zero-order chi connectivity index (χ0) is 15.6. The van der Waals surface area contributed by atoms with Gasteiger partial charge >= 0.3 is 0 Å². The maximum Gasteiger partial charge on any atom is 0.201 e. The minimum Gasteiger partial charge on any atom is -0.389 e. The van der Waals surface area contributed by atoms with Crippen LogP contribution in [0.2, 0.25) is 0 Å². The molecule has 0 radical (unpaired) electrons. The molecule has 0 fully saturated rings. The smallest absolute Gasteiger partial charge is 0.201 e. The Morgan fingerprint density at radius 2 is 2.14 bits per heavy atom. The van der Waals surface area contributed by atoms with Gasteiger partial charge in [0.15, 0.2) is 0 Å². The predicted molar refractivity (Wildman–Crippen MR) is 85.6 cm³/mol. The quantitative estimate of drug-likeness (QED) is 0.843. The molecule has 0 atom stereocenters. The fourth-order valence-electron chi connectivity index (χ4n) is 2.28. The number of nitrogen functional groups attached to an aromatic ring is 1. The minimum atomic E-state index is -0.838. The third-order valence-electron chi connectivity index (χ3n) is 3.38. The lowest BCUT2D eigenvalue weighted by Gasteiger charge is -2.20. The Kier molecular flexibility index (Phi) is 4.39. The zero-order valence-corrected chi connectivity index (χ0v) is 13.1. The third kappa shape index (κ3) is 3.65. The molecule has 6 nitrogen and oxygen atoms in total. The van der Waals surface area contributed by atoms with Gasteiger partial charge in [-0.05, 0) is 32.0 Å². The van der Waals surface area contributed by atoms with E-state index in [9.17, 15) is 5.11 Å². The molecular weight excluding hydrogens is 268 g/mol. The fraction of sp³-hybridized carbons (Fsp3) is 0.533.